The predicted octanol–water partition coefficient (Wildman–Crippen LogP) is 2.44. The minimum Gasteiger partial charge on any atom is -0.368 e. The average Bonchev–Trinajstić information content (AvgIpc) is 2.55. The van der Waals surface area contributed by atoms with Crippen molar-refractivity contribution in [2.24, 2.45) is 0 Å². The fourth-order valence-corrected chi connectivity index (χ4v) is 3.00. The number of carbonyl (C=O) groups excluding carboxylic acids is 1. The highest BCUT2D eigenvalue weighted by Gasteiger charge is 2.29. The Bertz CT molecular complexity index is 698. The van der Waals surface area contributed by atoms with E-state index < -0.39 is 0 Å². The second-order valence-electron chi connectivity index (χ2n) is 6.15. The molecule has 0 spiro atoms. The molecule has 0 bridgehead atoms. The van der Waals surface area contributed by atoms with Gasteiger partial charge in [0.2, 0.25) is 0 Å². The number of aromatic nitrogens is 2. The molecule has 1 amide bonds. The molecule has 0 N–H and O–H groups in total. The van der Waals surface area contributed by atoms with Gasteiger partial charge in [0.15, 0.2) is 0 Å². The summed E-state index contributed by atoms with van der Waals surface area (Å²) in [5.74, 6) is 0.0270. The summed E-state index contributed by atoms with van der Waals surface area (Å²) in [5, 5.41) is 0. The number of aryl methyl sites for hydroxylation is 2. The van der Waals surface area contributed by atoms with Crippen LogP contribution in [-0.2, 0) is 0 Å². The van der Waals surface area contributed by atoms with E-state index in [1.54, 1.807) is 6.20 Å². The van der Waals surface area contributed by atoms with Crippen LogP contribution in [0.1, 0.15) is 28.5 Å². The molecule has 2 aromatic rings. The Balaban J connectivity index is 1.73. The van der Waals surface area contributed by atoms with Crippen LogP contribution in [0, 0.1) is 13.8 Å². The van der Waals surface area contributed by atoms with Crippen molar-refractivity contribution >= 4 is 11.6 Å². The van der Waals surface area contributed by atoms with E-state index >= 15 is 0 Å². The summed E-state index contributed by atoms with van der Waals surface area (Å²) in [6.07, 6.45) is 3.09. The van der Waals surface area contributed by atoms with Crippen LogP contribution in [0.25, 0.3) is 0 Å². The zero-order valence-corrected chi connectivity index (χ0v) is 13.9. The van der Waals surface area contributed by atoms with E-state index in [0.29, 0.717) is 12.1 Å². The summed E-state index contributed by atoms with van der Waals surface area (Å²) in [4.78, 5) is 25.1. The van der Waals surface area contributed by atoms with Crippen LogP contribution in [0.3, 0.4) is 0 Å². The van der Waals surface area contributed by atoms with Crippen LogP contribution in [0.2, 0.25) is 0 Å². The third kappa shape index (κ3) is 3.18. The highest BCUT2D eigenvalue weighted by atomic mass is 16.2. The Kier molecular flexibility index (Phi) is 4.28. The molecule has 3 rings (SSSR count). The van der Waals surface area contributed by atoms with E-state index in [4.69, 9.17) is 0 Å². The smallest absolute Gasteiger partial charge is 0.257 e. The molecule has 1 aromatic carbocycles. The number of piperazine rings is 1. The van der Waals surface area contributed by atoms with Crippen molar-refractivity contribution in [3.8, 4) is 0 Å². The first kappa shape index (κ1) is 15.5. The lowest BCUT2D eigenvalue weighted by molar-refractivity contribution is 0.0672. The van der Waals surface area contributed by atoms with E-state index in [0.717, 1.165) is 18.8 Å². The van der Waals surface area contributed by atoms with Gasteiger partial charge in [0.05, 0.1) is 11.3 Å². The molecule has 1 fully saturated rings. The minimum atomic E-state index is 0.0270. The van der Waals surface area contributed by atoms with Gasteiger partial charge in [-0.15, -0.1) is 0 Å². The van der Waals surface area contributed by atoms with Gasteiger partial charge in [0.1, 0.15) is 6.33 Å². The molecule has 1 saturated heterocycles. The molecule has 0 radical (unpaired) electrons. The summed E-state index contributed by atoms with van der Waals surface area (Å²) in [6, 6.07) is 8.70. The molecule has 1 aliphatic rings. The van der Waals surface area contributed by atoms with E-state index in [-0.39, 0.29) is 11.9 Å². The maximum absolute atomic E-state index is 12.7. The van der Waals surface area contributed by atoms with Crippen LogP contribution in [0.15, 0.2) is 36.8 Å². The fraction of sp³-hybridized carbons (Fsp3) is 0.389. The number of hydrogen-bond acceptors (Lipinski definition) is 4. The molecule has 120 valence electrons. The summed E-state index contributed by atoms with van der Waals surface area (Å²) in [6.45, 7) is 8.42. The SMILES string of the molecule is Cc1ccc(N2CCN(C(=O)c3cncnc3C)[C@H](C)C2)cc1. The number of benzene rings is 1. The maximum Gasteiger partial charge on any atom is 0.257 e. The summed E-state index contributed by atoms with van der Waals surface area (Å²) < 4.78 is 0. The monoisotopic (exact) mass is 310 g/mol. The second-order valence-corrected chi connectivity index (χ2v) is 6.15. The van der Waals surface area contributed by atoms with Crippen LogP contribution in [0.5, 0.6) is 0 Å². The van der Waals surface area contributed by atoms with E-state index in [1.807, 2.05) is 11.8 Å². The molecule has 5 nitrogen and oxygen atoms in total. The predicted molar refractivity (Wildman–Crippen MR) is 90.7 cm³/mol. The van der Waals surface area contributed by atoms with E-state index in [9.17, 15) is 4.79 Å². The second kappa shape index (κ2) is 6.36. The molecule has 0 saturated carbocycles. The Morgan fingerprint density at radius 1 is 1.17 bits per heavy atom. The van der Waals surface area contributed by atoms with Gasteiger partial charge < -0.3 is 9.80 Å². The third-order valence-corrected chi connectivity index (χ3v) is 4.43. The van der Waals surface area contributed by atoms with Crippen molar-refractivity contribution in [2.45, 2.75) is 26.8 Å². The Morgan fingerprint density at radius 2 is 1.91 bits per heavy atom. The topological polar surface area (TPSA) is 49.3 Å². The first-order valence-electron chi connectivity index (χ1n) is 7.95. The highest BCUT2D eigenvalue weighted by molar-refractivity contribution is 5.95. The molecule has 23 heavy (non-hydrogen) atoms. The highest BCUT2D eigenvalue weighted by Crippen LogP contribution is 2.21. The molecular weight excluding hydrogens is 288 g/mol. The standard InChI is InChI=1S/C18H22N4O/c1-13-4-6-16(7-5-13)21-8-9-22(14(2)11-21)18(23)17-10-19-12-20-15(17)3/h4-7,10,12,14H,8-9,11H2,1-3H3/t14-/m1/s1. The Morgan fingerprint density at radius 3 is 2.57 bits per heavy atom. The normalized spacial score (nSPS) is 18.1. The molecular formula is C18H22N4O. The molecule has 0 aliphatic carbocycles. The van der Waals surface area contributed by atoms with Crippen molar-refractivity contribution < 1.29 is 4.79 Å². The molecule has 1 aromatic heterocycles. The molecule has 1 atom stereocenters. The van der Waals surface area contributed by atoms with E-state index in [2.05, 4.69) is 53.0 Å². The molecule has 1 aliphatic heterocycles. The van der Waals surface area contributed by atoms with Crippen molar-refractivity contribution in [3.63, 3.8) is 0 Å². The zero-order valence-electron chi connectivity index (χ0n) is 13.9. The number of anilines is 1. The number of hydrogen-bond donors (Lipinski definition) is 0. The number of nitrogens with zero attached hydrogens (tertiary/aromatic N) is 4. The number of amides is 1. The molecule has 0 unspecified atom stereocenters. The lowest BCUT2D eigenvalue weighted by Gasteiger charge is -2.41. The van der Waals surface area contributed by atoms with Gasteiger partial charge in [-0.1, -0.05) is 17.7 Å². The quantitative estimate of drug-likeness (QED) is 0.855. The van der Waals surface area contributed by atoms with Gasteiger partial charge in [0.25, 0.3) is 5.91 Å². The Labute approximate surface area is 137 Å². The first-order chi connectivity index (χ1) is 11.1. The van der Waals surface area contributed by atoms with Crippen LogP contribution < -0.4 is 4.90 Å². The summed E-state index contributed by atoms with van der Waals surface area (Å²) >= 11 is 0. The van der Waals surface area contributed by atoms with Crippen molar-refractivity contribution in [2.75, 3.05) is 24.5 Å². The van der Waals surface area contributed by atoms with Gasteiger partial charge in [-0.25, -0.2) is 9.97 Å². The van der Waals surface area contributed by atoms with Crippen LogP contribution in [0.4, 0.5) is 5.69 Å². The van der Waals surface area contributed by atoms with Gasteiger partial charge >= 0.3 is 0 Å². The summed E-state index contributed by atoms with van der Waals surface area (Å²) in [5.41, 5.74) is 3.81. The van der Waals surface area contributed by atoms with Gasteiger partial charge in [-0.2, -0.15) is 0 Å². The van der Waals surface area contributed by atoms with Crippen LogP contribution in [-0.4, -0.2) is 46.5 Å². The van der Waals surface area contributed by atoms with E-state index in [1.165, 1.54) is 17.6 Å². The van der Waals surface area contributed by atoms with Crippen molar-refractivity contribution in [1.82, 2.24) is 14.9 Å². The number of carbonyl (C=O) groups is 1. The lowest BCUT2D eigenvalue weighted by Crippen LogP contribution is -2.54. The third-order valence-electron chi connectivity index (χ3n) is 4.43. The first-order valence-corrected chi connectivity index (χ1v) is 7.95. The fourth-order valence-electron chi connectivity index (χ4n) is 3.00. The average molecular weight is 310 g/mol. The largest absolute Gasteiger partial charge is 0.368 e. The Hall–Kier alpha value is -2.43. The summed E-state index contributed by atoms with van der Waals surface area (Å²) in [7, 11) is 0. The number of rotatable bonds is 2. The lowest BCUT2D eigenvalue weighted by atomic mass is 10.1. The van der Waals surface area contributed by atoms with Gasteiger partial charge in [-0.3, -0.25) is 4.79 Å². The van der Waals surface area contributed by atoms with Crippen LogP contribution >= 0.6 is 0 Å². The molecule has 2 heterocycles. The van der Waals surface area contributed by atoms with Crippen molar-refractivity contribution in [3.05, 3.63) is 53.6 Å². The maximum atomic E-state index is 12.7. The molecule has 5 heteroatoms. The van der Waals surface area contributed by atoms with Crippen molar-refractivity contribution in [1.29, 1.82) is 0 Å². The minimum absolute atomic E-state index is 0.0270. The zero-order chi connectivity index (χ0) is 16.4. The van der Waals surface area contributed by atoms with Gasteiger partial charge in [0, 0.05) is 37.6 Å². The van der Waals surface area contributed by atoms with Gasteiger partial charge in [-0.05, 0) is 32.9 Å².